The lowest BCUT2D eigenvalue weighted by atomic mass is 9.93. The zero-order chi connectivity index (χ0) is 28.8. The van der Waals surface area contributed by atoms with E-state index in [1.54, 1.807) is 13.1 Å². The molecule has 0 atom stereocenters. The molecule has 0 unspecified atom stereocenters. The molecule has 1 saturated carbocycles. The molecule has 39 heavy (non-hydrogen) atoms. The molecule has 3 aromatic rings. The van der Waals surface area contributed by atoms with Crippen LogP contribution < -0.4 is 10.1 Å². The molecule has 1 amide bonds. The van der Waals surface area contributed by atoms with E-state index in [-0.39, 0.29) is 47.4 Å². The molecule has 0 bridgehead atoms. The number of esters is 1. The second kappa shape index (κ2) is 9.97. The van der Waals surface area contributed by atoms with Crippen molar-refractivity contribution in [2.75, 3.05) is 11.9 Å². The number of benzene rings is 2. The van der Waals surface area contributed by atoms with Gasteiger partial charge >= 0.3 is 12.3 Å². The topological polar surface area (TPSA) is 82.5 Å². The number of hydrogen-bond donors (Lipinski definition) is 1. The number of aromatic nitrogens is 2. The summed E-state index contributed by atoms with van der Waals surface area (Å²) >= 11 is 0. The lowest BCUT2D eigenvalue weighted by Gasteiger charge is -2.19. The van der Waals surface area contributed by atoms with Crippen LogP contribution in [0.3, 0.4) is 0 Å². The lowest BCUT2D eigenvalue weighted by molar-refractivity contribution is -0.274. The van der Waals surface area contributed by atoms with Crippen LogP contribution in [0.1, 0.15) is 62.2 Å². The summed E-state index contributed by atoms with van der Waals surface area (Å²) in [5.41, 5.74) is -1.55. The van der Waals surface area contributed by atoms with Crippen molar-refractivity contribution in [3.63, 3.8) is 0 Å². The molecule has 208 valence electrons. The van der Waals surface area contributed by atoms with Crippen molar-refractivity contribution in [3.8, 4) is 11.4 Å². The van der Waals surface area contributed by atoms with Gasteiger partial charge in [0, 0.05) is 28.9 Å². The summed E-state index contributed by atoms with van der Waals surface area (Å²) in [4.78, 5) is 30.3. The Morgan fingerprint density at radius 3 is 2.31 bits per heavy atom. The number of amides is 1. The summed E-state index contributed by atoms with van der Waals surface area (Å²) in [6.07, 6.45) is -1.61. The van der Waals surface area contributed by atoms with E-state index in [1.165, 1.54) is 17.0 Å². The van der Waals surface area contributed by atoms with Gasteiger partial charge in [-0.3, -0.25) is 4.79 Å². The minimum atomic E-state index is -5.00. The van der Waals surface area contributed by atoms with Crippen molar-refractivity contribution in [2.24, 2.45) is 0 Å². The Kier molecular flexibility index (Phi) is 7.18. The molecule has 1 aliphatic rings. The van der Waals surface area contributed by atoms with Gasteiger partial charge in [-0.25, -0.2) is 18.6 Å². The first-order chi connectivity index (χ1) is 18.1. The van der Waals surface area contributed by atoms with Crippen LogP contribution in [0.2, 0.25) is 0 Å². The fourth-order valence-electron chi connectivity index (χ4n) is 4.21. The van der Waals surface area contributed by atoms with Crippen LogP contribution >= 0.6 is 0 Å². The van der Waals surface area contributed by atoms with Crippen molar-refractivity contribution in [1.29, 1.82) is 0 Å². The van der Waals surface area contributed by atoms with E-state index >= 15 is 4.39 Å². The highest BCUT2D eigenvalue weighted by molar-refractivity contribution is 6.03. The Balaban J connectivity index is 1.66. The molecule has 1 aliphatic carbocycles. The van der Waals surface area contributed by atoms with Gasteiger partial charge in [0.05, 0.1) is 35.3 Å². The normalized spacial score (nSPS) is 14.6. The van der Waals surface area contributed by atoms with Crippen LogP contribution in [-0.2, 0) is 20.4 Å². The number of halogens is 5. The molecule has 1 heterocycles. The summed E-state index contributed by atoms with van der Waals surface area (Å²) in [6, 6.07) is 4.80. The van der Waals surface area contributed by atoms with Crippen molar-refractivity contribution in [2.45, 2.75) is 57.7 Å². The molecule has 1 aromatic heterocycles. The summed E-state index contributed by atoms with van der Waals surface area (Å²) in [6.45, 7) is 7.38. The molecule has 2 aromatic carbocycles. The van der Waals surface area contributed by atoms with Gasteiger partial charge in [0.1, 0.15) is 17.4 Å². The maximum Gasteiger partial charge on any atom is 0.573 e. The summed E-state index contributed by atoms with van der Waals surface area (Å²) in [5.74, 6) is -4.19. The number of alkyl halides is 3. The van der Waals surface area contributed by atoms with Crippen LogP contribution in [-0.4, -0.2) is 34.4 Å². The monoisotopic (exact) mass is 551 g/mol. The molecule has 7 nitrogen and oxygen atoms in total. The number of anilines is 1. The fraction of sp³-hybridized carbons (Fsp3) is 0.370. The third-order valence-electron chi connectivity index (χ3n) is 6.30. The van der Waals surface area contributed by atoms with E-state index in [9.17, 15) is 27.2 Å². The number of rotatable bonds is 7. The number of nitrogens with one attached hydrogen (secondary N) is 1. The summed E-state index contributed by atoms with van der Waals surface area (Å²) in [7, 11) is 0. The fourth-order valence-corrected chi connectivity index (χ4v) is 4.21. The zero-order valence-electron chi connectivity index (χ0n) is 21.6. The van der Waals surface area contributed by atoms with Crippen LogP contribution in [0.5, 0.6) is 5.75 Å². The SMILES string of the molecule is CCOC(=O)c1cc(NC(=O)C2(c3ccc(OC(F)(F)F)cc3F)CC2)cc(F)c1-n1cnc(C(C)(C)C)c1. The number of nitrogens with zero attached hydrogens (tertiary/aromatic N) is 2. The second-order valence-corrected chi connectivity index (χ2v) is 10.2. The number of hydrogen-bond acceptors (Lipinski definition) is 5. The van der Waals surface area contributed by atoms with Gasteiger partial charge in [-0.05, 0) is 38.0 Å². The Morgan fingerprint density at radius 1 is 1.08 bits per heavy atom. The number of imidazole rings is 1. The maximum atomic E-state index is 15.5. The first kappa shape index (κ1) is 28.1. The third-order valence-corrected chi connectivity index (χ3v) is 6.30. The Labute approximate surface area is 220 Å². The van der Waals surface area contributed by atoms with E-state index in [2.05, 4.69) is 15.0 Å². The molecule has 0 aliphatic heterocycles. The van der Waals surface area contributed by atoms with Gasteiger partial charge in [-0.1, -0.05) is 26.8 Å². The largest absolute Gasteiger partial charge is 0.573 e. The van der Waals surface area contributed by atoms with Crippen LogP contribution in [0, 0.1) is 11.6 Å². The van der Waals surface area contributed by atoms with Crippen LogP contribution in [0.15, 0.2) is 42.9 Å². The summed E-state index contributed by atoms with van der Waals surface area (Å²) in [5, 5.41) is 2.52. The number of ether oxygens (including phenoxy) is 2. The molecular weight excluding hydrogens is 525 g/mol. The van der Waals surface area contributed by atoms with Gasteiger partial charge in [0.15, 0.2) is 0 Å². The van der Waals surface area contributed by atoms with E-state index in [0.29, 0.717) is 11.8 Å². The number of carbonyl (C=O) groups is 2. The van der Waals surface area contributed by atoms with E-state index in [0.717, 1.165) is 18.2 Å². The average Bonchev–Trinajstić information content (AvgIpc) is 3.45. The van der Waals surface area contributed by atoms with Gasteiger partial charge in [-0.2, -0.15) is 0 Å². The smallest absolute Gasteiger partial charge is 0.462 e. The lowest BCUT2D eigenvalue weighted by Crippen LogP contribution is -2.29. The van der Waals surface area contributed by atoms with Crippen molar-refractivity contribution in [3.05, 3.63) is 71.3 Å². The molecule has 1 N–H and O–H groups in total. The molecule has 0 spiro atoms. The minimum Gasteiger partial charge on any atom is -0.462 e. The molecule has 0 radical (unpaired) electrons. The summed E-state index contributed by atoms with van der Waals surface area (Å²) < 4.78 is 77.8. The van der Waals surface area contributed by atoms with Gasteiger partial charge in [0.2, 0.25) is 5.91 Å². The predicted molar refractivity (Wildman–Crippen MR) is 131 cm³/mol. The van der Waals surface area contributed by atoms with Crippen molar-refractivity contribution >= 4 is 17.6 Å². The van der Waals surface area contributed by atoms with E-state index < -0.39 is 41.0 Å². The first-order valence-electron chi connectivity index (χ1n) is 12.1. The highest BCUT2D eigenvalue weighted by atomic mass is 19.4. The quantitative estimate of drug-likeness (QED) is 0.280. The van der Waals surface area contributed by atoms with Crippen LogP contribution in [0.4, 0.5) is 27.6 Å². The third kappa shape index (κ3) is 5.89. The molecule has 1 fully saturated rings. The van der Waals surface area contributed by atoms with Gasteiger partial charge in [-0.15, -0.1) is 13.2 Å². The average molecular weight is 552 g/mol. The van der Waals surface area contributed by atoms with Crippen molar-refractivity contribution in [1.82, 2.24) is 9.55 Å². The van der Waals surface area contributed by atoms with E-state index in [4.69, 9.17) is 4.74 Å². The molecule has 12 heteroatoms. The second-order valence-electron chi connectivity index (χ2n) is 10.2. The molecule has 4 rings (SSSR count). The maximum absolute atomic E-state index is 15.5. The van der Waals surface area contributed by atoms with Gasteiger partial charge < -0.3 is 19.4 Å². The van der Waals surface area contributed by atoms with Crippen LogP contribution in [0.25, 0.3) is 5.69 Å². The minimum absolute atomic E-state index is 0.0179. The van der Waals surface area contributed by atoms with Gasteiger partial charge in [0.25, 0.3) is 0 Å². The first-order valence-corrected chi connectivity index (χ1v) is 12.1. The number of carbonyl (C=O) groups excluding carboxylic acids is 2. The Morgan fingerprint density at radius 2 is 1.77 bits per heavy atom. The zero-order valence-corrected chi connectivity index (χ0v) is 21.6. The molecular formula is C27H26F5N3O4. The highest BCUT2D eigenvalue weighted by Gasteiger charge is 2.53. The Bertz CT molecular complexity index is 1420. The Hall–Kier alpha value is -3.96. The highest BCUT2D eigenvalue weighted by Crippen LogP contribution is 2.50. The van der Waals surface area contributed by atoms with Crippen molar-refractivity contribution < 1.29 is 41.0 Å². The van der Waals surface area contributed by atoms with E-state index in [1.807, 2.05) is 20.8 Å². The molecule has 0 saturated heterocycles. The standard InChI is InChI=1S/C27H26F5N3O4/c1-5-38-23(36)17-10-15(11-20(29)22(17)35-13-21(33-14-35)25(2,3)4)34-24(37)26(8-9-26)18-7-6-16(12-19(18)28)39-27(30,31)32/h6-7,10-14H,5,8-9H2,1-4H3,(H,34,37). The predicted octanol–water partition coefficient (Wildman–Crippen LogP) is 6.19.